The topological polar surface area (TPSA) is 63.4 Å². The highest BCUT2D eigenvalue weighted by atomic mass is 32.2. The van der Waals surface area contributed by atoms with Crippen molar-refractivity contribution in [1.29, 1.82) is 0 Å². The monoisotopic (exact) mass is 300 g/mol. The van der Waals surface area contributed by atoms with Crippen LogP contribution in [-0.2, 0) is 16.6 Å². The van der Waals surface area contributed by atoms with E-state index in [1.807, 2.05) is 0 Å². The van der Waals surface area contributed by atoms with Gasteiger partial charge in [0.2, 0.25) is 10.0 Å². The van der Waals surface area contributed by atoms with Crippen LogP contribution in [0.25, 0.3) is 0 Å². The molecule has 0 aliphatic rings. The average Bonchev–Trinajstić information content (AvgIpc) is 2.33. The lowest BCUT2D eigenvalue weighted by Crippen LogP contribution is -2.45. The Morgan fingerprint density at radius 3 is 2.40 bits per heavy atom. The molecule has 1 aromatic rings. The van der Waals surface area contributed by atoms with E-state index in [-0.39, 0.29) is 18.0 Å². The molecule has 1 aromatic carbocycles. The SMILES string of the molecule is C=CCN(C(C)(C)C)S(=O)(=O)c1ccc(CN)cc1F. The predicted molar refractivity (Wildman–Crippen MR) is 78.1 cm³/mol. The fraction of sp³-hybridized carbons (Fsp3) is 0.429. The van der Waals surface area contributed by atoms with Crippen LogP contribution in [0.5, 0.6) is 0 Å². The summed E-state index contributed by atoms with van der Waals surface area (Å²) in [5.41, 5.74) is 5.29. The first-order chi connectivity index (χ1) is 9.14. The molecule has 0 bridgehead atoms. The van der Waals surface area contributed by atoms with Crippen LogP contribution >= 0.6 is 0 Å². The molecular formula is C14H21FN2O2S. The van der Waals surface area contributed by atoms with Gasteiger partial charge in [0, 0.05) is 18.6 Å². The van der Waals surface area contributed by atoms with E-state index in [1.165, 1.54) is 22.5 Å². The second-order valence-corrected chi connectivity index (χ2v) is 7.30. The average molecular weight is 300 g/mol. The zero-order chi connectivity index (χ0) is 15.6. The second-order valence-electron chi connectivity index (χ2n) is 5.46. The number of halogens is 1. The molecule has 0 aliphatic heterocycles. The van der Waals surface area contributed by atoms with E-state index in [4.69, 9.17) is 5.73 Å². The quantitative estimate of drug-likeness (QED) is 0.848. The lowest BCUT2D eigenvalue weighted by atomic mass is 10.1. The van der Waals surface area contributed by atoms with Crippen molar-refractivity contribution in [1.82, 2.24) is 4.31 Å². The van der Waals surface area contributed by atoms with E-state index in [1.54, 1.807) is 20.8 Å². The van der Waals surface area contributed by atoms with Gasteiger partial charge in [-0.15, -0.1) is 6.58 Å². The molecule has 0 atom stereocenters. The first-order valence-electron chi connectivity index (χ1n) is 6.27. The van der Waals surface area contributed by atoms with Crippen LogP contribution in [0.4, 0.5) is 4.39 Å². The highest BCUT2D eigenvalue weighted by molar-refractivity contribution is 7.89. The Morgan fingerprint density at radius 2 is 2.00 bits per heavy atom. The zero-order valence-electron chi connectivity index (χ0n) is 12.1. The molecule has 0 amide bonds. The van der Waals surface area contributed by atoms with E-state index in [0.29, 0.717) is 5.56 Å². The zero-order valence-corrected chi connectivity index (χ0v) is 12.9. The van der Waals surface area contributed by atoms with Crippen molar-refractivity contribution in [2.24, 2.45) is 5.73 Å². The Bertz CT molecular complexity index is 592. The van der Waals surface area contributed by atoms with Crippen molar-refractivity contribution in [3.8, 4) is 0 Å². The largest absolute Gasteiger partial charge is 0.326 e. The Kier molecular flexibility index (Phi) is 5.07. The first-order valence-corrected chi connectivity index (χ1v) is 7.71. The molecule has 0 saturated heterocycles. The Hall–Kier alpha value is -1.24. The summed E-state index contributed by atoms with van der Waals surface area (Å²) in [6.07, 6.45) is 1.48. The third-order valence-corrected chi connectivity index (χ3v) is 5.01. The van der Waals surface area contributed by atoms with Gasteiger partial charge in [0.1, 0.15) is 10.7 Å². The van der Waals surface area contributed by atoms with Crippen molar-refractivity contribution >= 4 is 10.0 Å². The number of nitrogens with two attached hydrogens (primary N) is 1. The molecule has 1 rings (SSSR count). The maximum atomic E-state index is 14.0. The van der Waals surface area contributed by atoms with Crippen molar-refractivity contribution in [3.63, 3.8) is 0 Å². The molecule has 0 fully saturated rings. The highest BCUT2D eigenvalue weighted by Gasteiger charge is 2.34. The number of sulfonamides is 1. The standard InChI is InChI=1S/C14H21FN2O2S/c1-5-8-17(14(2,3)4)20(18,19)13-7-6-11(10-16)9-12(13)15/h5-7,9H,1,8,10,16H2,2-4H3. The molecule has 112 valence electrons. The third-order valence-electron chi connectivity index (χ3n) is 2.84. The molecule has 0 aromatic heterocycles. The smallest absolute Gasteiger partial charge is 0.246 e. The second kappa shape index (κ2) is 6.03. The number of hydrogen-bond acceptors (Lipinski definition) is 3. The Balaban J connectivity index is 3.37. The summed E-state index contributed by atoms with van der Waals surface area (Å²) in [5, 5.41) is 0. The molecule has 0 saturated carbocycles. The first kappa shape index (κ1) is 16.8. The van der Waals surface area contributed by atoms with E-state index >= 15 is 0 Å². The molecule has 20 heavy (non-hydrogen) atoms. The van der Waals surface area contributed by atoms with E-state index in [9.17, 15) is 12.8 Å². The van der Waals surface area contributed by atoms with Gasteiger partial charge in [-0.2, -0.15) is 4.31 Å². The van der Waals surface area contributed by atoms with Crippen LogP contribution in [0, 0.1) is 5.82 Å². The van der Waals surface area contributed by atoms with Crippen LogP contribution in [0.3, 0.4) is 0 Å². The normalized spacial score (nSPS) is 12.7. The summed E-state index contributed by atoms with van der Waals surface area (Å²) in [4.78, 5) is -0.341. The van der Waals surface area contributed by atoms with Crippen LogP contribution in [0.15, 0.2) is 35.7 Å². The highest BCUT2D eigenvalue weighted by Crippen LogP contribution is 2.26. The summed E-state index contributed by atoms with van der Waals surface area (Å²) in [6, 6.07) is 3.93. The fourth-order valence-corrected chi connectivity index (χ4v) is 3.65. The van der Waals surface area contributed by atoms with E-state index < -0.39 is 21.4 Å². The maximum Gasteiger partial charge on any atom is 0.246 e. The number of rotatable bonds is 5. The van der Waals surface area contributed by atoms with Crippen molar-refractivity contribution in [2.75, 3.05) is 6.54 Å². The summed E-state index contributed by atoms with van der Waals surface area (Å²) >= 11 is 0. The maximum absolute atomic E-state index is 14.0. The predicted octanol–water partition coefficient (Wildman–Crippen LogP) is 2.26. The molecule has 0 radical (unpaired) electrons. The van der Waals surface area contributed by atoms with Crippen LogP contribution in [-0.4, -0.2) is 24.8 Å². The van der Waals surface area contributed by atoms with E-state index in [0.717, 1.165) is 6.07 Å². The minimum atomic E-state index is -3.93. The number of nitrogens with zero attached hydrogens (tertiary/aromatic N) is 1. The van der Waals surface area contributed by atoms with Gasteiger partial charge in [0.25, 0.3) is 0 Å². The molecule has 0 spiro atoms. The van der Waals surface area contributed by atoms with Gasteiger partial charge in [-0.3, -0.25) is 0 Å². The van der Waals surface area contributed by atoms with Gasteiger partial charge in [-0.1, -0.05) is 12.1 Å². The minimum Gasteiger partial charge on any atom is -0.326 e. The van der Waals surface area contributed by atoms with Crippen LogP contribution in [0.2, 0.25) is 0 Å². The van der Waals surface area contributed by atoms with Gasteiger partial charge >= 0.3 is 0 Å². The Labute approximate surface area is 120 Å². The van der Waals surface area contributed by atoms with Gasteiger partial charge < -0.3 is 5.73 Å². The van der Waals surface area contributed by atoms with E-state index in [2.05, 4.69) is 6.58 Å². The molecule has 0 aliphatic carbocycles. The molecular weight excluding hydrogens is 279 g/mol. The summed E-state index contributed by atoms with van der Waals surface area (Å²) in [5.74, 6) is -0.786. The third kappa shape index (κ3) is 3.45. The summed E-state index contributed by atoms with van der Waals surface area (Å²) < 4.78 is 40.4. The van der Waals surface area contributed by atoms with Gasteiger partial charge in [0.05, 0.1) is 0 Å². The van der Waals surface area contributed by atoms with Crippen molar-refractivity contribution in [2.45, 2.75) is 37.8 Å². The summed E-state index contributed by atoms with van der Waals surface area (Å²) in [6.45, 7) is 9.08. The van der Waals surface area contributed by atoms with Gasteiger partial charge in [-0.25, -0.2) is 12.8 Å². The fourth-order valence-electron chi connectivity index (χ4n) is 1.85. The molecule has 2 N–H and O–H groups in total. The van der Waals surface area contributed by atoms with Gasteiger partial charge in [0.15, 0.2) is 0 Å². The molecule has 0 unspecified atom stereocenters. The molecule has 6 heteroatoms. The van der Waals surface area contributed by atoms with Crippen molar-refractivity contribution in [3.05, 3.63) is 42.2 Å². The van der Waals surface area contributed by atoms with Crippen LogP contribution < -0.4 is 5.73 Å². The summed E-state index contributed by atoms with van der Waals surface area (Å²) in [7, 11) is -3.93. The lowest BCUT2D eigenvalue weighted by Gasteiger charge is -2.33. The van der Waals surface area contributed by atoms with Crippen LogP contribution in [0.1, 0.15) is 26.3 Å². The molecule has 0 heterocycles. The number of benzene rings is 1. The minimum absolute atomic E-state index is 0.115. The molecule has 4 nitrogen and oxygen atoms in total. The number of hydrogen-bond donors (Lipinski definition) is 1. The lowest BCUT2D eigenvalue weighted by molar-refractivity contribution is 0.269. The Morgan fingerprint density at radius 1 is 1.40 bits per heavy atom. The van der Waals surface area contributed by atoms with Crippen molar-refractivity contribution < 1.29 is 12.8 Å². The van der Waals surface area contributed by atoms with Gasteiger partial charge in [-0.05, 0) is 38.5 Å².